The van der Waals surface area contributed by atoms with Gasteiger partial charge in [0.15, 0.2) is 0 Å². The van der Waals surface area contributed by atoms with Gasteiger partial charge in [0.1, 0.15) is 0 Å². The molecular formula is C11H21N3. The highest BCUT2D eigenvalue weighted by molar-refractivity contribution is 5.80. The van der Waals surface area contributed by atoms with Gasteiger partial charge in [-0.05, 0) is 25.8 Å². The van der Waals surface area contributed by atoms with E-state index in [4.69, 9.17) is 5.41 Å². The van der Waals surface area contributed by atoms with Crippen molar-refractivity contribution in [3.05, 3.63) is 0 Å². The number of hydrogen-bond donors (Lipinski definition) is 1. The van der Waals surface area contributed by atoms with E-state index in [-0.39, 0.29) is 0 Å². The minimum Gasteiger partial charge on any atom is -0.356 e. The molecule has 0 aromatic carbocycles. The van der Waals surface area contributed by atoms with Crippen LogP contribution in [0.3, 0.4) is 0 Å². The molecule has 0 spiro atoms. The van der Waals surface area contributed by atoms with Crippen LogP contribution in [0.1, 0.15) is 32.6 Å². The Morgan fingerprint density at radius 1 is 1.36 bits per heavy atom. The maximum atomic E-state index is 7.94. The molecule has 0 bridgehead atoms. The van der Waals surface area contributed by atoms with Crippen LogP contribution in [0.15, 0.2) is 0 Å². The summed E-state index contributed by atoms with van der Waals surface area (Å²) in [6.45, 7) is 6.92. The fourth-order valence-electron chi connectivity index (χ4n) is 2.61. The van der Waals surface area contributed by atoms with E-state index in [9.17, 15) is 0 Å². The van der Waals surface area contributed by atoms with Crippen molar-refractivity contribution in [3.8, 4) is 0 Å². The van der Waals surface area contributed by atoms with Crippen molar-refractivity contribution in [1.29, 1.82) is 5.41 Å². The monoisotopic (exact) mass is 195 g/mol. The second-order valence-corrected chi connectivity index (χ2v) is 4.43. The molecule has 0 amide bonds. The van der Waals surface area contributed by atoms with Gasteiger partial charge in [-0.1, -0.05) is 6.92 Å². The molecule has 3 nitrogen and oxygen atoms in total. The number of likely N-dealkylation sites (tertiary alicyclic amines) is 2. The number of nitrogens with one attached hydrogen (secondary N) is 1. The van der Waals surface area contributed by atoms with E-state index in [2.05, 4.69) is 16.7 Å². The first-order valence-electron chi connectivity index (χ1n) is 5.87. The van der Waals surface area contributed by atoms with Gasteiger partial charge in [-0.15, -0.1) is 0 Å². The van der Waals surface area contributed by atoms with Gasteiger partial charge in [-0.25, -0.2) is 0 Å². The molecular weight excluding hydrogens is 174 g/mol. The van der Waals surface area contributed by atoms with Crippen molar-refractivity contribution in [2.75, 3.05) is 26.2 Å². The van der Waals surface area contributed by atoms with Gasteiger partial charge in [0.05, 0.1) is 5.84 Å². The summed E-state index contributed by atoms with van der Waals surface area (Å²) >= 11 is 0. The molecule has 2 aliphatic heterocycles. The molecule has 2 fully saturated rings. The summed E-state index contributed by atoms with van der Waals surface area (Å²) < 4.78 is 0. The summed E-state index contributed by atoms with van der Waals surface area (Å²) in [7, 11) is 0. The summed E-state index contributed by atoms with van der Waals surface area (Å²) in [4.78, 5) is 4.84. The van der Waals surface area contributed by atoms with Crippen LogP contribution in [-0.2, 0) is 0 Å². The third-order valence-electron chi connectivity index (χ3n) is 3.54. The lowest BCUT2D eigenvalue weighted by Crippen LogP contribution is -2.44. The van der Waals surface area contributed by atoms with Gasteiger partial charge >= 0.3 is 0 Å². The molecule has 14 heavy (non-hydrogen) atoms. The lowest BCUT2D eigenvalue weighted by molar-refractivity contribution is 0.265. The largest absolute Gasteiger partial charge is 0.356 e. The normalized spacial score (nSPS) is 29.9. The Labute approximate surface area is 86.6 Å². The van der Waals surface area contributed by atoms with Crippen molar-refractivity contribution in [2.45, 2.75) is 38.6 Å². The van der Waals surface area contributed by atoms with Crippen LogP contribution >= 0.6 is 0 Å². The van der Waals surface area contributed by atoms with Gasteiger partial charge in [0.25, 0.3) is 0 Å². The Balaban J connectivity index is 1.91. The van der Waals surface area contributed by atoms with Gasteiger partial charge < -0.3 is 9.80 Å². The molecule has 0 aromatic heterocycles. The summed E-state index contributed by atoms with van der Waals surface area (Å²) in [5.41, 5.74) is 0. The van der Waals surface area contributed by atoms with Crippen LogP contribution in [-0.4, -0.2) is 47.9 Å². The van der Waals surface area contributed by atoms with E-state index in [0.29, 0.717) is 6.04 Å². The average Bonchev–Trinajstić information content (AvgIpc) is 2.67. The number of likely N-dealkylation sites (N-methyl/N-ethyl adjacent to an activating group) is 1. The van der Waals surface area contributed by atoms with Crippen molar-refractivity contribution < 1.29 is 0 Å². The number of nitrogens with zero attached hydrogens (tertiary/aromatic N) is 2. The Hall–Kier alpha value is -0.570. The van der Waals surface area contributed by atoms with Crippen LogP contribution in [0.25, 0.3) is 0 Å². The van der Waals surface area contributed by atoms with Gasteiger partial charge in [-0.3, -0.25) is 5.41 Å². The Morgan fingerprint density at radius 3 is 2.86 bits per heavy atom. The van der Waals surface area contributed by atoms with Crippen LogP contribution in [0.5, 0.6) is 0 Å². The SMILES string of the molecule is CCN1CCC(N2CCCCC2=N)C1. The van der Waals surface area contributed by atoms with E-state index >= 15 is 0 Å². The quantitative estimate of drug-likeness (QED) is 0.724. The molecule has 2 aliphatic rings. The zero-order valence-electron chi connectivity index (χ0n) is 9.13. The fraction of sp³-hybridized carbons (Fsp3) is 0.909. The lowest BCUT2D eigenvalue weighted by Gasteiger charge is -2.34. The van der Waals surface area contributed by atoms with Crippen LogP contribution < -0.4 is 0 Å². The van der Waals surface area contributed by atoms with E-state index in [1.165, 1.54) is 32.4 Å². The smallest absolute Gasteiger partial charge is 0.0960 e. The van der Waals surface area contributed by atoms with E-state index in [1.54, 1.807) is 0 Å². The summed E-state index contributed by atoms with van der Waals surface area (Å²) in [6.07, 6.45) is 4.77. The predicted molar refractivity (Wildman–Crippen MR) is 58.8 cm³/mol. The zero-order valence-corrected chi connectivity index (χ0v) is 9.13. The average molecular weight is 195 g/mol. The number of hydrogen-bond acceptors (Lipinski definition) is 2. The molecule has 0 aromatic rings. The second kappa shape index (κ2) is 4.30. The van der Waals surface area contributed by atoms with Gasteiger partial charge in [-0.2, -0.15) is 0 Å². The summed E-state index contributed by atoms with van der Waals surface area (Å²) in [5, 5.41) is 7.94. The fourth-order valence-corrected chi connectivity index (χ4v) is 2.61. The first-order chi connectivity index (χ1) is 6.81. The maximum absolute atomic E-state index is 7.94. The van der Waals surface area contributed by atoms with E-state index in [0.717, 1.165) is 25.3 Å². The predicted octanol–water partition coefficient (Wildman–Crippen LogP) is 1.54. The third kappa shape index (κ3) is 1.92. The molecule has 1 N–H and O–H groups in total. The minimum atomic E-state index is 0.641. The molecule has 0 aliphatic carbocycles. The third-order valence-corrected chi connectivity index (χ3v) is 3.54. The van der Waals surface area contributed by atoms with Gasteiger partial charge in [0, 0.05) is 32.1 Å². The van der Waals surface area contributed by atoms with Crippen molar-refractivity contribution in [3.63, 3.8) is 0 Å². The summed E-state index contributed by atoms with van der Waals surface area (Å²) in [5.74, 6) is 0.888. The second-order valence-electron chi connectivity index (χ2n) is 4.43. The maximum Gasteiger partial charge on any atom is 0.0960 e. The Kier molecular flexibility index (Phi) is 3.06. The molecule has 0 radical (unpaired) electrons. The van der Waals surface area contributed by atoms with Crippen molar-refractivity contribution in [2.24, 2.45) is 0 Å². The highest BCUT2D eigenvalue weighted by atomic mass is 15.3. The van der Waals surface area contributed by atoms with Crippen LogP contribution in [0, 0.1) is 5.41 Å². The highest BCUT2D eigenvalue weighted by Gasteiger charge is 2.29. The van der Waals surface area contributed by atoms with Crippen LogP contribution in [0.4, 0.5) is 0 Å². The molecule has 1 atom stereocenters. The standard InChI is InChI=1S/C11H21N3/c1-2-13-8-6-10(9-13)14-7-4-3-5-11(14)12/h10,12H,2-9H2,1H3. The molecule has 0 saturated carbocycles. The zero-order chi connectivity index (χ0) is 9.97. The molecule has 1 unspecified atom stereocenters. The number of piperidine rings is 1. The lowest BCUT2D eigenvalue weighted by atomic mass is 10.1. The topological polar surface area (TPSA) is 30.3 Å². The first kappa shape index (κ1) is 9.97. The molecule has 2 heterocycles. The molecule has 80 valence electrons. The Morgan fingerprint density at radius 2 is 2.21 bits per heavy atom. The van der Waals surface area contributed by atoms with Crippen molar-refractivity contribution in [1.82, 2.24) is 9.80 Å². The first-order valence-corrected chi connectivity index (χ1v) is 5.87. The number of rotatable bonds is 2. The van der Waals surface area contributed by atoms with Crippen LogP contribution in [0.2, 0.25) is 0 Å². The summed E-state index contributed by atoms with van der Waals surface area (Å²) in [6, 6.07) is 0.641. The van der Waals surface area contributed by atoms with E-state index in [1.807, 2.05) is 0 Å². The minimum absolute atomic E-state index is 0.641. The Bertz CT molecular complexity index is 215. The van der Waals surface area contributed by atoms with Crippen molar-refractivity contribution >= 4 is 5.84 Å². The van der Waals surface area contributed by atoms with Gasteiger partial charge in [0.2, 0.25) is 0 Å². The van der Waals surface area contributed by atoms with E-state index < -0.39 is 0 Å². The molecule has 2 saturated heterocycles. The molecule has 2 rings (SSSR count). The number of amidine groups is 1. The highest BCUT2D eigenvalue weighted by Crippen LogP contribution is 2.20. The molecule has 3 heteroatoms.